The molecule has 1 atom stereocenters. The van der Waals surface area contributed by atoms with E-state index in [1.807, 2.05) is 0 Å². The van der Waals surface area contributed by atoms with Crippen LogP contribution in [-0.4, -0.2) is 62.2 Å². The van der Waals surface area contributed by atoms with E-state index in [0.29, 0.717) is 19.8 Å². The lowest BCUT2D eigenvalue weighted by atomic mass is 10.2. The van der Waals surface area contributed by atoms with Crippen molar-refractivity contribution in [1.82, 2.24) is 0 Å². The second-order valence-electron chi connectivity index (χ2n) is 6.12. The molecule has 26 heavy (non-hydrogen) atoms. The lowest BCUT2D eigenvalue weighted by Crippen LogP contribution is -3.17. The van der Waals surface area contributed by atoms with Gasteiger partial charge < -0.3 is 30.2 Å². The highest BCUT2D eigenvalue weighted by Crippen LogP contribution is 2.17. The lowest BCUT2D eigenvalue weighted by Gasteiger charge is -2.24. The van der Waals surface area contributed by atoms with E-state index in [-0.39, 0.29) is 17.8 Å². The van der Waals surface area contributed by atoms with E-state index in [1.165, 1.54) is 29.2 Å². The van der Waals surface area contributed by atoms with Gasteiger partial charge in [0.05, 0.1) is 30.5 Å². The van der Waals surface area contributed by atoms with Crippen molar-refractivity contribution in [2.24, 2.45) is 0 Å². The zero-order valence-electron chi connectivity index (χ0n) is 14.3. The molecule has 1 amide bonds. The summed E-state index contributed by atoms with van der Waals surface area (Å²) in [4.78, 5) is 34.9. The van der Waals surface area contributed by atoms with Gasteiger partial charge in [0.2, 0.25) is 5.91 Å². The van der Waals surface area contributed by atoms with E-state index in [1.54, 1.807) is 5.32 Å². The first-order chi connectivity index (χ1) is 12.5. The van der Waals surface area contributed by atoms with E-state index in [0.717, 1.165) is 19.6 Å². The molecule has 0 bridgehead atoms. The number of aliphatic carboxylic acids is 1. The van der Waals surface area contributed by atoms with Gasteiger partial charge in [-0.3, -0.25) is 14.9 Å². The number of carboxylic acid groups (broad SMARTS) is 1. The van der Waals surface area contributed by atoms with Gasteiger partial charge in [-0.25, -0.2) is 0 Å². The van der Waals surface area contributed by atoms with Gasteiger partial charge in [-0.2, -0.15) is 0 Å². The van der Waals surface area contributed by atoms with Crippen LogP contribution in [0.1, 0.15) is 6.42 Å². The maximum absolute atomic E-state index is 12.1. The minimum atomic E-state index is -1.31. The number of nitro benzene ring substituents is 1. The number of nitrogens with one attached hydrogen (secondary N) is 2. The summed E-state index contributed by atoms with van der Waals surface area (Å²) >= 11 is 0. The Hall–Kier alpha value is -2.56. The van der Waals surface area contributed by atoms with Gasteiger partial charge in [0.1, 0.15) is 32.2 Å². The Labute approximate surface area is 150 Å². The van der Waals surface area contributed by atoms with Crippen LogP contribution in [0.5, 0.6) is 0 Å². The Morgan fingerprint density at radius 3 is 2.73 bits per heavy atom. The first-order valence-corrected chi connectivity index (χ1v) is 8.45. The number of benzene rings is 1. The smallest absolute Gasteiger partial charge is 0.271 e. The molecule has 1 aliphatic rings. The Balaban J connectivity index is 1.82. The summed E-state index contributed by atoms with van der Waals surface area (Å²) in [5.41, 5.74) is 0.0957. The summed E-state index contributed by atoms with van der Waals surface area (Å²) < 4.78 is 5.27. The Morgan fingerprint density at radius 1 is 1.35 bits per heavy atom. The molecule has 0 aliphatic carbocycles. The summed E-state index contributed by atoms with van der Waals surface area (Å²) in [5.74, 6) is -1.84. The average Bonchev–Trinajstić information content (AvgIpc) is 2.61. The lowest BCUT2D eigenvalue weighted by molar-refractivity contribution is -0.920. The van der Waals surface area contributed by atoms with Crippen LogP contribution in [-0.2, 0) is 14.3 Å². The minimum Gasteiger partial charge on any atom is -0.544 e. The molecule has 1 aromatic rings. The number of nitrogens with zero attached hydrogens (tertiary/aromatic N) is 1. The molecule has 2 rings (SSSR count). The van der Waals surface area contributed by atoms with Crippen LogP contribution in [0.3, 0.4) is 0 Å². The zero-order chi connectivity index (χ0) is 18.9. The number of nitrogens with two attached hydrogens (primary N) is 1. The molecule has 10 nitrogen and oxygen atoms in total. The number of hydrogen-bond donors (Lipinski definition) is 3. The number of morpholine rings is 1. The second-order valence-corrected chi connectivity index (χ2v) is 6.12. The van der Waals surface area contributed by atoms with Crippen LogP contribution >= 0.6 is 0 Å². The fraction of sp³-hybridized carbons (Fsp3) is 0.500. The molecule has 0 radical (unpaired) electrons. The number of carbonyl (C=O) groups excluding carboxylic acids is 2. The Bertz CT molecular complexity index is 647. The van der Waals surface area contributed by atoms with Crippen LogP contribution in [0.15, 0.2) is 24.3 Å². The summed E-state index contributed by atoms with van der Waals surface area (Å²) in [6.07, 6.45) is -0.274. The number of anilines is 1. The highest BCUT2D eigenvalue weighted by Gasteiger charge is 2.21. The molecule has 1 saturated heterocycles. The first kappa shape index (κ1) is 19.8. The highest BCUT2D eigenvalue weighted by molar-refractivity contribution is 5.93. The summed E-state index contributed by atoms with van der Waals surface area (Å²) in [6, 6.07) is 4.47. The van der Waals surface area contributed by atoms with E-state index in [2.05, 4.69) is 5.32 Å². The van der Waals surface area contributed by atoms with Crippen LogP contribution < -0.4 is 20.6 Å². The maximum atomic E-state index is 12.1. The number of ether oxygens (including phenoxy) is 1. The van der Waals surface area contributed by atoms with Gasteiger partial charge in [-0.15, -0.1) is 0 Å². The molecule has 0 saturated carbocycles. The Morgan fingerprint density at radius 2 is 2.08 bits per heavy atom. The fourth-order valence-corrected chi connectivity index (χ4v) is 2.77. The predicted molar refractivity (Wildman–Crippen MR) is 88.3 cm³/mol. The number of amides is 1. The number of hydrogen-bond acceptors (Lipinski definition) is 6. The highest BCUT2D eigenvalue weighted by atomic mass is 16.6. The third-order valence-corrected chi connectivity index (χ3v) is 4.20. The predicted octanol–water partition coefficient (Wildman–Crippen LogP) is -3.48. The molecule has 0 spiro atoms. The summed E-state index contributed by atoms with van der Waals surface area (Å²) in [5, 5.41) is 26.1. The SMILES string of the molecule is O=C(C[C@H]([NH2+]CC[NH+]1CCOCC1)C(=O)[O-])Nc1cccc([N+](=O)[O-])c1. The van der Waals surface area contributed by atoms with Crippen molar-refractivity contribution in [2.45, 2.75) is 12.5 Å². The van der Waals surface area contributed by atoms with Crippen molar-refractivity contribution in [3.05, 3.63) is 34.4 Å². The number of quaternary nitrogens is 2. The van der Waals surface area contributed by atoms with Crippen LogP contribution in [0.2, 0.25) is 0 Å². The van der Waals surface area contributed by atoms with Crippen molar-refractivity contribution in [3.8, 4) is 0 Å². The quantitative estimate of drug-likeness (QED) is 0.306. The molecule has 0 unspecified atom stereocenters. The van der Waals surface area contributed by atoms with Crippen LogP contribution in [0.25, 0.3) is 0 Å². The van der Waals surface area contributed by atoms with Gasteiger partial charge >= 0.3 is 0 Å². The number of carbonyl (C=O) groups is 2. The van der Waals surface area contributed by atoms with Crippen molar-refractivity contribution in [1.29, 1.82) is 0 Å². The molecular weight excluding hydrogens is 344 g/mol. The van der Waals surface area contributed by atoms with E-state index >= 15 is 0 Å². The van der Waals surface area contributed by atoms with Crippen LogP contribution in [0, 0.1) is 10.1 Å². The largest absolute Gasteiger partial charge is 0.544 e. The fourth-order valence-electron chi connectivity index (χ4n) is 2.77. The standard InChI is InChI=1S/C16H22N4O6/c21-15(18-12-2-1-3-13(10-12)20(24)25)11-14(16(22)23)17-4-5-19-6-8-26-9-7-19/h1-3,10,14,17H,4-9,11H2,(H,18,21)(H,22,23)/p+1/t14-/m0/s1. The van der Waals surface area contributed by atoms with Gasteiger partial charge in [-0.1, -0.05) is 6.07 Å². The molecule has 1 fully saturated rings. The molecule has 0 aromatic heterocycles. The van der Waals surface area contributed by atoms with Crippen LogP contribution in [0.4, 0.5) is 11.4 Å². The molecule has 1 heterocycles. The minimum absolute atomic E-state index is 0.153. The van der Waals surface area contributed by atoms with Gasteiger partial charge in [0.25, 0.3) is 5.69 Å². The summed E-state index contributed by atoms with van der Waals surface area (Å²) in [6.45, 7) is 4.50. The molecular formula is C16H23N4O6+. The number of carboxylic acids is 1. The summed E-state index contributed by atoms with van der Waals surface area (Å²) in [7, 11) is 0. The topological polar surface area (TPSA) is 143 Å². The van der Waals surface area contributed by atoms with Crippen molar-refractivity contribution < 1.29 is 34.6 Å². The van der Waals surface area contributed by atoms with E-state index in [9.17, 15) is 24.8 Å². The number of rotatable bonds is 9. The van der Waals surface area contributed by atoms with E-state index < -0.39 is 22.8 Å². The van der Waals surface area contributed by atoms with Crippen molar-refractivity contribution >= 4 is 23.3 Å². The van der Waals surface area contributed by atoms with Gasteiger partial charge in [0, 0.05) is 17.8 Å². The monoisotopic (exact) mass is 367 g/mol. The molecule has 4 N–H and O–H groups in total. The van der Waals surface area contributed by atoms with Crippen molar-refractivity contribution in [2.75, 3.05) is 44.7 Å². The normalized spacial score (nSPS) is 16.0. The third kappa shape index (κ3) is 6.39. The third-order valence-electron chi connectivity index (χ3n) is 4.20. The first-order valence-electron chi connectivity index (χ1n) is 8.45. The molecule has 142 valence electrons. The second kappa shape index (κ2) is 9.80. The molecule has 1 aromatic carbocycles. The zero-order valence-corrected chi connectivity index (χ0v) is 14.3. The van der Waals surface area contributed by atoms with Gasteiger partial charge in [-0.05, 0) is 6.07 Å². The molecule has 10 heteroatoms. The van der Waals surface area contributed by atoms with Crippen molar-refractivity contribution in [3.63, 3.8) is 0 Å². The average molecular weight is 367 g/mol. The van der Waals surface area contributed by atoms with E-state index in [4.69, 9.17) is 4.74 Å². The number of non-ortho nitro benzene ring substituents is 1. The molecule has 1 aliphatic heterocycles. The van der Waals surface area contributed by atoms with Gasteiger partial charge in [0.15, 0.2) is 0 Å². The number of nitro groups is 1. The maximum Gasteiger partial charge on any atom is 0.271 e. The Kier molecular flexibility index (Phi) is 7.45.